The first-order valence-corrected chi connectivity index (χ1v) is 10.2. The molecule has 1 rings (SSSR count). The van der Waals surface area contributed by atoms with E-state index < -0.39 is 0 Å². The first-order chi connectivity index (χ1) is 14.2. The third-order valence-electron chi connectivity index (χ3n) is 4.17. The standard InChI is InChI=1S/C25H34O4/c1-4-5-6-7-8-9-10-11-12-13-14-22(21-27-2)19-20-29-24-17-15-23(16-18-24)25(26)28-3/h5-6,9-18,22H,4,7-8,19-21H2,1-3H3/b6-5-,10-9+,12-11-,14-13+/t22-/m1/s1. The Balaban J connectivity index is 2.36. The Labute approximate surface area is 175 Å². The number of unbranched alkanes of at least 4 members (excludes halogenated alkanes) is 1. The van der Waals surface area contributed by atoms with Crippen molar-refractivity contribution in [1.29, 1.82) is 0 Å². The molecule has 4 nitrogen and oxygen atoms in total. The van der Waals surface area contributed by atoms with Crippen LogP contribution in [-0.4, -0.2) is 33.4 Å². The predicted octanol–water partition coefficient (Wildman–Crippen LogP) is 5.92. The highest BCUT2D eigenvalue weighted by atomic mass is 16.5. The van der Waals surface area contributed by atoms with Crippen LogP contribution in [0, 0.1) is 5.92 Å². The second kappa shape index (κ2) is 16.4. The van der Waals surface area contributed by atoms with E-state index in [0.717, 1.165) is 31.4 Å². The summed E-state index contributed by atoms with van der Waals surface area (Å²) in [6.45, 7) is 3.37. The summed E-state index contributed by atoms with van der Waals surface area (Å²) in [4.78, 5) is 11.4. The Kier molecular flexibility index (Phi) is 13.8. The lowest BCUT2D eigenvalue weighted by atomic mass is 10.1. The molecule has 29 heavy (non-hydrogen) atoms. The minimum Gasteiger partial charge on any atom is -0.494 e. The van der Waals surface area contributed by atoms with Crippen molar-refractivity contribution < 1.29 is 19.0 Å². The molecule has 1 atom stereocenters. The van der Waals surface area contributed by atoms with E-state index in [-0.39, 0.29) is 11.9 Å². The van der Waals surface area contributed by atoms with Gasteiger partial charge in [0.15, 0.2) is 0 Å². The van der Waals surface area contributed by atoms with E-state index in [9.17, 15) is 4.79 Å². The molecule has 0 spiro atoms. The van der Waals surface area contributed by atoms with Gasteiger partial charge in [0, 0.05) is 13.0 Å². The fourth-order valence-corrected chi connectivity index (χ4v) is 2.58. The molecule has 0 amide bonds. The van der Waals surface area contributed by atoms with Crippen molar-refractivity contribution in [1.82, 2.24) is 0 Å². The number of carbonyl (C=O) groups is 1. The first-order valence-electron chi connectivity index (χ1n) is 10.2. The molecule has 0 aliphatic carbocycles. The summed E-state index contributed by atoms with van der Waals surface area (Å²) in [5.41, 5.74) is 0.512. The summed E-state index contributed by atoms with van der Waals surface area (Å²) in [5, 5.41) is 0. The fraction of sp³-hybridized carbons (Fsp3) is 0.400. The van der Waals surface area contributed by atoms with Crippen molar-refractivity contribution in [2.24, 2.45) is 5.92 Å². The topological polar surface area (TPSA) is 44.8 Å². The molecule has 0 N–H and O–H groups in total. The summed E-state index contributed by atoms with van der Waals surface area (Å²) in [6.07, 6.45) is 21.0. The Morgan fingerprint density at radius 3 is 2.38 bits per heavy atom. The molecule has 0 bridgehead atoms. The van der Waals surface area contributed by atoms with Gasteiger partial charge >= 0.3 is 5.97 Å². The minimum absolute atomic E-state index is 0.280. The van der Waals surface area contributed by atoms with Crippen molar-refractivity contribution in [3.8, 4) is 5.75 Å². The van der Waals surface area contributed by atoms with E-state index in [0.29, 0.717) is 18.8 Å². The minimum atomic E-state index is -0.349. The van der Waals surface area contributed by atoms with Crippen molar-refractivity contribution in [3.05, 3.63) is 78.4 Å². The van der Waals surface area contributed by atoms with Crippen LogP contribution in [0.3, 0.4) is 0 Å². The quantitative estimate of drug-likeness (QED) is 0.169. The second-order valence-electron chi connectivity index (χ2n) is 6.52. The number of allylic oxidation sites excluding steroid dienone is 7. The number of carbonyl (C=O) groups excluding carboxylic acids is 1. The molecule has 0 saturated heterocycles. The highest BCUT2D eigenvalue weighted by Crippen LogP contribution is 2.14. The van der Waals surface area contributed by atoms with Gasteiger partial charge in [0.2, 0.25) is 0 Å². The Morgan fingerprint density at radius 2 is 1.69 bits per heavy atom. The van der Waals surface area contributed by atoms with Gasteiger partial charge in [0.05, 0.1) is 25.9 Å². The van der Waals surface area contributed by atoms with E-state index in [1.807, 2.05) is 12.2 Å². The molecule has 0 aliphatic rings. The lowest BCUT2D eigenvalue weighted by Crippen LogP contribution is -2.10. The lowest BCUT2D eigenvalue weighted by molar-refractivity contribution is 0.0600. The summed E-state index contributed by atoms with van der Waals surface area (Å²) in [6, 6.07) is 6.96. The van der Waals surface area contributed by atoms with Gasteiger partial charge in [0.1, 0.15) is 5.75 Å². The lowest BCUT2D eigenvalue weighted by Gasteiger charge is -2.12. The fourth-order valence-electron chi connectivity index (χ4n) is 2.58. The van der Waals surface area contributed by atoms with Crippen LogP contribution >= 0.6 is 0 Å². The van der Waals surface area contributed by atoms with E-state index in [1.165, 1.54) is 7.11 Å². The number of rotatable bonds is 14. The summed E-state index contributed by atoms with van der Waals surface area (Å²) in [5.74, 6) is 0.664. The van der Waals surface area contributed by atoms with Gasteiger partial charge in [0.25, 0.3) is 0 Å². The van der Waals surface area contributed by atoms with Gasteiger partial charge in [-0.3, -0.25) is 0 Å². The Bertz CT molecular complexity index is 669. The zero-order valence-electron chi connectivity index (χ0n) is 17.9. The van der Waals surface area contributed by atoms with Crippen LogP contribution in [0.25, 0.3) is 0 Å². The Hall–Kier alpha value is -2.59. The third kappa shape index (κ3) is 11.8. The van der Waals surface area contributed by atoms with Crippen LogP contribution in [-0.2, 0) is 9.47 Å². The summed E-state index contributed by atoms with van der Waals surface area (Å²) >= 11 is 0. The molecule has 0 heterocycles. The van der Waals surface area contributed by atoms with Crippen molar-refractivity contribution in [3.63, 3.8) is 0 Å². The van der Waals surface area contributed by atoms with Crippen molar-refractivity contribution >= 4 is 5.97 Å². The molecule has 158 valence electrons. The zero-order chi connectivity index (χ0) is 21.2. The molecule has 0 saturated carbocycles. The van der Waals surface area contributed by atoms with Crippen LogP contribution in [0.1, 0.15) is 43.0 Å². The largest absolute Gasteiger partial charge is 0.494 e. The molecule has 1 aromatic carbocycles. The number of esters is 1. The average Bonchev–Trinajstić information content (AvgIpc) is 2.75. The van der Waals surface area contributed by atoms with Gasteiger partial charge in [-0.05, 0) is 49.9 Å². The SMILES string of the molecule is CC/C=C\CC/C=C/C=C\C=C\[C@H](CCOc1ccc(C(=O)OC)cc1)COC. The van der Waals surface area contributed by atoms with Gasteiger partial charge in [-0.15, -0.1) is 0 Å². The molecule has 1 aromatic rings. The number of hydrogen-bond donors (Lipinski definition) is 0. The van der Waals surface area contributed by atoms with Crippen LogP contribution in [0.4, 0.5) is 0 Å². The highest BCUT2D eigenvalue weighted by Gasteiger charge is 2.07. The molecule has 0 aliphatic heterocycles. The van der Waals surface area contributed by atoms with E-state index >= 15 is 0 Å². The molecule has 0 unspecified atom stereocenters. The number of benzene rings is 1. The predicted molar refractivity (Wildman–Crippen MR) is 119 cm³/mol. The van der Waals surface area contributed by atoms with Gasteiger partial charge in [-0.2, -0.15) is 0 Å². The smallest absolute Gasteiger partial charge is 0.337 e. The van der Waals surface area contributed by atoms with Crippen LogP contribution in [0.2, 0.25) is 0 Å². The maximum absolute atomic E-state index is 11.4. The van der Waals surface area contributed by atoms with Crippen molar-refractivity contribution in [2.45, 2.75) is 32.6 Å². The highest BCUT2D eigenvalue weighted by molar-refractivity contribution is 5.89. The number of methoxy groups -OCH3 is 2. The molecular weight excluding hydrogens is 364 g/mol. The maximum Gasteiger partial charge on any atom is 0.337 e. The molecule has 0 radical (unpaired) electrons. The zero-order valence-corrected chi connectivity index (χ0v) is 17.9. The van der Waals surface area contributed by atoms with Crippen LogP contribution in [0.5, 0.6) is 5.75 Å². The van der Waals surface area contributed by atoms with Crippen LogP contribution in [0.15, 0.2) is 72.9 Å². The van der Waals surface area contributed by atoms with E-state index in [2.05, 4.69) is 43.4 Å². The summed E-state index contributed by atoms with van der Waals surface area (Å²) in [7, 11) is 3.08. The molecule has 4 heteroatoms. The Morgan fingerprint density at radius 1 is 0.966 bits per heavy atom. The molecule has 0 aromatic heterocycles. The number of ether oxygens (including phenoxy) is 3. The van der Waals surface area contributed by atoms with E-state index in [4.69, 9.17) is 14.2 Å². The molecule has 0 fully saturated rings. The van der Waals surface area contributed by atoms with Gasteiger partial charge in [-0.25, -0.2) is 4.79 Å². The van der Waals surface area contributed by atoms with Crippen molar-refractivity contribution in [2.75, 3.05) is 27.4 Å². The van der Waals surface area contributed by atoms with Crippen LogP contribution < -0.4 is 4.74 Å². The van der Waals surface area contributed by atoms with E-state index in [1.54, 1.807) is 31.4 Å². The monoisotopic (exact) mass is 398 g/mol. The van der Waals surface area contributed by atoms with Gasteiger partial charge < -0.3 is 14.2 Å². The normalized spacial score (nSPS) is 13.1. The average molecular weight is 399 g/mol. The third-order valence-corrected chi connectivity index (χ3v) is 4.17. The summed E-state index contributed by atoms with van der Waals surface area (Å²) < 4.78 is 15.8. The van der Waals surface area contributed by atoms with Gasteiger partial charge in [-0.1, -0.05) is 55.5 Å². The maximum atomic E-state index is 11.4. The first kappa shape index (κ1) is 24.4. The molecular formula is C25H34O4. The number of hydrogen-bond acceptors (Lipinski definition) is 4. The second-order valence-corrected chi connectivity index (χ2v) is 6.52.